The van der Waals surface area contributed by atoms with E-state index in [0.29, 0.717) is 12.2 Å². The molecule has 4 bridgehead atoms. The Bertz CT molecular complexity index is 298. The lowest BCUT2D eigenvalue weighted by atomic mass is 9.48. The Morgan fingerprint density at radius 2 is 1.60 bits per heavy atom. The summed E-state index contributed by atoms with van der Waals surface area (Å²) in [5, 5.41) is 0. The van der Waals surface area contributed by atoms with E-state index in [1.807, 2.05) is 0 Å². The molecule has 80 valence electrons. The topological polar surface area (TPSA) is 17.1 Å². The molecule has 1 nitrogen and oxygen atoms in total. The average molecular weight is 202 g/mol. The summed E-state index contributed by atoms with van der Waals surface area (Å²) >= 11 is 0. The molecule has 1 heteroatoms. The molecule has 0 aromatic carbocycles. The molecular weight excluding hydrogens is 184 g/mol. The number of rotatable bonds is 2. The van der Waals surface area contributed by atoms with Gasteiger partial charge in [0.25, 0.3) is 0 Å². The maximum Gasteiger partial charge on any atom is 0.150 e. The summed E-state index contributed by atoms with van der Waals surface area (Å²) < 4.78 is 0. The molecule has 0 saturated heterocycles. The normalized spacial score (nSPS) is 46.5. The van der Waals surface area contributed by atoms with E-state index in [1.54, 1.807) is 0 Å². The van der Waals surface area contributed by atoms with Crippen LogP contribution in [-0.2, 0) is 4.79 Å². The Morgan fingerprint density at radius 1 is 1.13 bits per heavy atom. The van der Waals surface area contributed by atoms with Crippen LogP contribution in [0.25, 0.3) is 0 Å². The molecule has 15 heavy (non-hydrogen) atoms. The molecule has 0 aromatic heterocycles. The molecule has 0 aliphatic heterocycles. The van der Waals surface area contributed by atoms with E-state index >= 15 is 0 Å². The quantitative estimate of drug-likeness (QED) is 0.629. The maximum atomic E-state index is 12.2. The fourth-order valence-electron chi connectivity index (χ4n) is 4.73. The lowest BCUT2D eigenvalue weighted by Gasteiger charge is -2.55. The van der Waals surface area contributed by atoms with Crippen molar-refractivity contribution in [2.24, 2.45) is 23.2 Å². The van der Waals surface area contributed by atoms with Crippen LogP contribution in [-0.4, -0.2) is 5.78 Å². The van der Waals surface area contributed by atoms with Crippen molar-refractivity contribution < 1.29 is 4.79 Å². The molecule has 4 rings (SSSR count). The van der Waals surface area contributed by atoms with E-state index in [0.717, 1.165) is 37.0 Å². The highest BCUT2D eigenvalue weighted by Gasteiger charge is 2.53. The third-order valence-corrected chi connectivity index (χ3v) is 4.89. The second kappa shape index (κ2) is 3.11. The van der Waals surface area contributed by atoms with E-state index in [2.05, 4.69) is 5.92 Å². The van der Waals surface area contributed by atoms with Gasteiger partial charge in [0.1, 0.15) is 0 Å². The van der Waals surface area contributed by atoms with Gasteiger partial charge in [0.15, 0.2) is 5.78 Å². The number of terminal acetylenes is 1. The second-order valence-electron chi connectivity index (χ2n) is 6.00. The van der Waals surface area contributed by atoms with Crippen LogP contribution >= 0.6 is 0 Å². The predicted molar refractivity (Wildman–Crippen MR) is 59.1 cm³/mol. The third-order valence-electron chi connectivity index (χ3n) is 4.89. The zero-order valence-corrected chi connectivity index (χ0v) is 9.17. The number of carbonyl (C=O) groups excluding carboxylic acids is 1. The van der Waals surface area contributed by atoms with Gasteiger partial charge in [-0.15, -0.1) is 6.42 Å². The van der Waals surface area contributed by atoms with Crippen molar-refractivity contribution in [3.05, 3.63) is 0 Å². The van der Waals surface area contributed by atoms with Crippen molar-refractivity contribution in [3.63, 3.8) is 0 Å². The Morgan fingerprint density at radius 3 is 2.00 bits per heavy atom. The largest absolute Gasteiger partial charge is 0.298 e. The van der Waals surface area contributed by atoms with Crippen LogP contribution in [0.2, 0.25) is 0 Å². The van der Waals surface area contributed by atoms with Gasteiger partial charge >= 0.3 is 0 Å². The van der Waals surface area contributed by atoms with Gasteiger partial charge in [-0.3, -0.25) is 4.79 Å². The third kappa shape index (κ3) is 1.34. The molecule has 0 N–H and O–H groups in total. The number of carbonyl (C=O) groups is 1. The number of hydrogen-bond acceptors (Lipinski definition) is 1. The minimum atomic E-state index is 0.0289. The first-order valence-corrected chi connectivity index (χ1v) is 6.18. The second-order valence-corrected chi connectivity index (χ2v) is 6.00. The van der Waals surface area contributed by atoms with E-state index < -0.39 is 0 Å². The van der Waals surface area contributed by atoms with Gasteiger partial charge in [-0.1, -0.05) is 5.92 Å². The van der Waals surface area contributed by atoms with E-state index in [-0.39, 0.29) is 5.41 Å². The van der Waals surface area contributed by atoms with Gasteiger partial charge in [0.05, 0.1) is 6.42 Å². The molecule has 0 atom stereocenters. The number of hydrogen-bond donors (Lipinski definition) is 0. The van der Waals surface area contributed by atoms with Crippen molar-refractivity contribution >= 4 is 5.78 Å². The lowest BCUT2D eigenvalue weighted by Crippen LogP contribution is -2.49. The van der Waals surface area contributed by atoms with Gasteiger partial charge in [0, 0.05) is 5.41 Å². The van der Waals surface area contributed by atoms with E-state index in [1.165, 1.54) is 19.3 Å². The standard InChI is InChI=1S/C14H18O/c1-2-3-13(15)14-7-10-4-11(8-14)6-12(5-10)9-14/h1,10-12H,3-9H2. The van der Waals surface area contributed by atoms with Gasteiger partial charge in [0.2, 0.25) is 0 Å². The summed E-state index contributed by atoms with van der Waals surface area (Å²) in [4.78, 5) is 12.2. The summed E-state index contributed by atoms with van der Waals surface area (Å²) in [6.07, 6.45) is 13.3. The monoisotopic (exact) mass is 202 g/mol. The summed E-state index contributed by atoms with van der Waals surface area (Å²) in [5.74, 6) is 5.46. The van der Waals surface area contributed by atoms with Crippen LogP contribution in [0, 0.1) is 35.5 Å². The summed E-state index contributed by atoms with van der Waals surface area (Å²) in [5.41, 5.74) is 0.0289. The minimum absolute atomic E-state index is 0.0289. The SMILES string of the molecule is C#CCC(=O)C12CC3CC(CC(C3)C1)C2. The Balaban J connectivity index is 1.87. The van der Waals surface area contributed by atoms with E-state index in [4.69, 9.17) is 6.42 Å². The molecule has 0 aromatic rings. The van der Waals surface area contributed by atoms with E-state index in [9.17, 15) is 4.79 Å². The molecule has 4 saturated carbocycles. The predicted octanol–water partition coefficient (Wildman–Crippen LogP) is 2.80. The molecule has 0 spiro atoms. The molecular formula is C14H18O. The molecule has 0 unspecified atom stereocenters. The molecule has 0 amide bonds. The summed E-state index contributed by atoms with van der Waals surface area (Å²) in [7, 11) is 0. The Hall–Kier alpha value is -0.770. The van der Waals surface area contributed by atoms with Gasteiger partial charge in [-0.25, -0.2) is 0 Å². The average Bonchev–Trinajstić information content (AvgIpc) is 2.15. The molecule has 0 radical (unpaired) electrons. The highest BCUT2D eigenvalue weighted by Crippen LogP contribution is 2.60. The number of ketones is 1. The van der Waals surface area contributed by atoms with Crippen LogP contribution in [0.1, 0.15) is 44.9 Å². The highest BCUT2D eigenvalue weighted by atomic mass is 16.1. The van der Waals surface area contributed by atoms with Crippen LogP contribution in [0.15, 0.2) is 0 Å². The molecule has 0 heterocycles. The molecule has 4 fully saturated rings. The Kier molecular flexibility index (Phi) is 1.96. The van der Waals surface area contributed by atoms with Crippen LogP contribution in [0.4, 0.5) is 0 Å². The van der Waals surface area contributed by atoms with Gasteiger partial charge in [-0.2, -0.15) is 0 Å². The number of Topliss-reactive ketones (excluding diaryl/α,β-unsaturated/α-hetero) is 1. The smallest absolute Gasteiger partial charge is 0.150 e. The van der Waals surface area contributed by atoms with Crippen molar-refractivity contribution in [3.8, 4) is 12.3 Å². The molecule has 4 aliphatic carbocycles. The van der Waals surface area contributed by atoms with Crippen molar-refractivity contribution in [2.75, 3.05) is 0 Å². The van der Waals surface area contributed by atoms with Gasteiger partial charge < -0.3 is 0 Å². The highest BCUT2D eigenvalue weighted by molar-refractivity contribution is 5.87. The molecule has 4 aliphatic rings. The first-order valence-electron chi connectivity index (χ1n) is 6.18. The first kappa shape index (κ1) is 9.46. The summed E-state index contributed by atoms with van der Waals surface area (Å²) in [6.45, 7) is 0. The van der Waals surface area contributed by atoms with Crippen LogP contribution in [0.5, 0.6) is 0 Å². The van der Waals surface area contributed by atoms with Crippen molar-refractivity contribution in [2.45, 2.75) is 44.9 Å². The van der Waals surface area contributed by atoms with Gasteiger partial charge in [-0.05, 0) is 56.3 Å². The maximum absolute atomic E-state index is 12.2. The fraction of sp³-hybridized carbons (Fsp3) is 0.786. The minimum Gasteiger partial charge on any atom is -0.298 e. The van der Waals surface area contributed by atoms with Crippen molar-refractivity contribution in [1.82, 2.24) is 0 Å². The zero-order valence-electron chi connectivity index (χ0n) is 9.17. The van der Waals surface area contributed by atoms with Crippen molar-refractivity contribution in [1.29, 1.82) is 0 Å². The fourth-order valence-corrected chi connectivity index (χ4v) is 4.73. The van der Waals surface area contributed by atoms with Crippen LogP contribution < -0.4 is 0 Å². The summed E-state index contributed by atoms with van der Waals surface area (Å²) in [6, 6.07) is 0. The van der Waals surface area contributed by atoms with Crippen LogP contribution in [0.3, 0.4) is 0 Å². The first-order chi connectivity index (χ1) is 7.22. The Labute approximate surface area is 91.6 Å². The lowest BCUT2D eigenvalue weighted by molar-refractivity contribution is -0.142. The zero-order chi connectivity index (χ0) is 10.5.